The number of hydrogen-bond donors (Lipinski definition) is 0. The van der Waals surface area contributed by atoms with Crippen molar-refractivity contribution in [1.29, 1.82) is 0 Å². The Kier molecular flexibility index (Phi) is 1.73. The van der Waals surface area contributed by atoms with E-state index in [0.717, 1.165) is 17.8 Å². The van der Waals surface area contributed by atoms with Gasteiger partial charge in [-0.15, -0.1) is 0 Å². The van der Waals surface area contributed by atoms with E-state index in [0.29, 0.717) is 35.9 Å². The zero-order valence-corrected chi connectivity index (χ0v) is 12.8. The predicted octanol–water partition coefficient (Wildman–Crippen LogP) is 4.04. The molecular weight excluding hydrogens is 272 g/mol. The van der Waals surface area contributed by atoms with Gasteiger partial charge in [-0.3, -0.25) is 4.79 Å². The largest absolute Gasteiger partial charge is 0.465 e. The zero-order chi connectivity index (χ0) is 14.8. The van der Waals surface area contributed by atoms with Crippen LogP contribution in [0.2, 0.25) is 0 Å². The summed E-state index contributed by atoms with van der Waals surface area (Å²) in [5.74, 6) is 4.64. The molecule has 0 radical (unpaired) electrons. The summed E-state index contributed by atoms with van der Waals surface area (Å²) in [4.78, 5) is 12.8. The van der Waals surface area contributed by atoms with Crippen LogP contribution in [0, 0.1) is 23.2 Å². The molecule has 4 atom stereocenters. The molecule has 1 saturated carbocycles. The molecule has 2 heteroatoms. The average Bonchev–Trinajstić information content (AvgIpc) is 3.16. The lowest BCUT2D eigenvalue weighted by Gasteiger charge is -2.40. The summed E-state index contributed by atoms with van der Waals surface area (Å²) in [6.45, 7) is 4.35. The number of ether oxygens (including phenoxy) is 1. The number of carbonyl (C=O) groups excluding carboxylic acids is 1. The molecule has 1 unspecified atom stereocenters. The van der Waals surface area contributed by atoms with Gasteiger partial charge in [-0.25, -0.2) is 0 Å². The van der Waals surface area contributed by atoms with Crippen molar-refractivity contribution < 1.29 is 9.53 Å². The number of allylic oxidation sites excluding steroid dienone is 4. The number of benzene rings is 1. The van der Waals surface area contributed by atoms with E-state index >= 15 is 0 Å². The van der Waals surface area contributed by atoms with E-state index in [1.54, 1.807) is 0 Å². The first-order valence-electron chi connectivity index (χ1n) is 8.34. The van der Waals surface area contributed by atoms with E-state index in [1.807, 2.05) is 0 Å². The summed E-state index contributed by atoms with van der Waals surface area (Å²) in [7, 11) is 0. The Labute approximate surface area is 129 Å². The summed E-state index contributed by atoms with van der Waals surface area (Å²) in [6, 6.07) is 8.73. The van der Waals surface area contributed by atoms with Crippen molar-refractivity contribution in [2.75, 3.05) is 0 Å². The molecule has 5 aliphatic carbocycles. The molecule has 1 fully saturated rings. The molecule has 0 spiro atoms. The highest BCUT2D eigenvalue weighted by Gasteiger charge is 2.70. The minimum atomic E-state index is 0.0407. The lowest BCUT2D eigenvalue weighted by Crippen LogP contribution is -2.33. The standard InChI is InChI=1S/C20H18O2/c1-20(2)7-11(21)15-12(8-20)22-19-14-10-6-4-3-5-9(10)13-16(17(14)15)18(13)19/h3-6,13,16-18H,7-8H2,1-2H3/t13-,16?,17-,18-/m1/s1. The fourth-order valence-corrected chi connectivity index (χ4v) is 5.65. The van der Waals surface area contributed by atoms with Crippen LogP contribution in [0.3, 0.4) is 0 Å². The normalized spacial score (nSPS) is 38.5. The van der Waals surface area contributed by atoms with Crippen molar-refractivity contribution in [3.63, 3.8) is 0 Å². The van der Waals surface area contributed by atoms with Gasteiger partial charge in [0.15, 0.2) is 5.78 Å². The van der Waals surface area contributed by atoms with Crippen LogP contribution >= 0.6 is 0 Å². The van der Waals surface area contributed by atoms with Gasteiger partial charge in [0, 0.05) is 35.8 Å². The van der Waals surface area contributed by atoms with Gasteiger partial charge in [0.1, 0.15) is 11.5 Å². The van der Waals surface area contributed by atoms with Crippen LogP contribution in [-0.4, -0.2) is 5.78 Å². The van der Waals surface area contributed by atoms with Crippen LogP contribution in [0.25, 0.3) is 5.57 Å². The van der Waals surface area contributed by atoms with Crippen molar-refractivity contribution in [1.82, 2.24) is 0 Å². The summed E-state index contributed by atoms with van der Waals surface area (Å²) in [5.41, 5.74) is 5.26. The molecule has 0 amide bonds. The topological polar surface area (TPSA) is 26.3 Å². The van der Waals surface area contributed by atoms with Crippen molar-refractivity contribution in [3.05, 3.63) is 52.5 Å². The highest BCUT2D eigenvalue weighted by atomic mass is 16.5. The molecule has 2 nitrogen and oxygen atoms in total. The second kappa shape index (κ2) is 3.24. The monoisotopic (exact) mass is 290 g/mol. The van der Waals surface area contributed by atoms with Crippen molar-refractivity contribution in [2.45, 2.75) is 32.6 Å². The summed E-state index contributed by atoms with van der Waals surface area (Å²) < 4.78 is 6.37. The van der Waals surface area contributed by atoms with Gasteiger partial charge in [0.2, 0.25) is 0 Å². The maximum Gasteiger partial charge on any atom is 0.163 e. The number of Topliss-reactive ketones (excluding diaryl/α,β-unsaturated/α-hetero) is 1. The molecule has 110 valence electrons. The maximum atomic E-state index is 12.8. The van der Waals surface area contributed by atoms with Gasteiger partial charge in [-0.1, -0.05) is 38.1 Å². The van der Waals surface area contributed by atoms with Crippen molar-refractivity contribution in [2.24, 2.45) is 23.2 Å². The molecular formula is C20H18O2. The van der Waals surface area contributed by atoms with E-state index in [-0.39, 0.29) is 5.41 Å². The molecule has 1 aliphatic heterocycles. The Morgan fingerprint density at radius 1 is 1.09 bits per heavy atom. The molecule has 1 aromatic carbocycles. The summed E-state index contributed by atoms with van der Waals surface area (Å²) in [6.07, 6.45) is 1.57. The predicted molar refractivity (Wildman–Crippen MR) is 82.7 cm³/mol. The zero-order valence-electron chi connectivity index (χ0n) is 12.8. The van der Waals surface area contributed by atoms with E-state index < -0.39 is 0 Å². The van der Waals surface area contributed by atoms with Gasteiger partial charge in [0.05, 0.1) is 0 Å². The van der Waals surface area contributed by atoms with Gasteiger partial charge < -0.3 is 4.74 Å². The molecule has 0 aromatic heterocycles. The molecule has 6 bridgehead atoms. The third-order valence-electron chi connectivity index (χ3n) is 6.37. The fourth-order valence-electron chi connectivity index (χ4n) is 5.65. The molecule has 7 rings (SSSR count). The lowest BCUT2D eigenvalue weighted by atomic mass is 9.67. The SMILES string of the molecule is CC1(C)CC(=O)C2=C(C1)OC1=C3c4ccccc4[C@@H]4C([C@@H]23)[C@H]14. The quantitative estimate of drug-likeness (QED) is 0.720. The van der Waals surface area contributed by atoms with E-state index in [1.165, 1.54) is 22.5 Å². The molecule has 0 N–H and O–H groups in total. The van der Waals surface area contributed by atoms with Gasteiger partial charge in [-0.2, -0.15) is 0 Å². The Morgan fingerprint density at radius 3 is 2.77 bits per heavy atom. The van der Waals surface area contributed by atoms with Crippen LogP contribution in [0.4, 0.5) is 0 Å². The molecule has 1 aromatic rings. The van der Waals surface area contributed by atoms with Gasteiger partial charge in [0.25, 0.3) is 0 Å². The minimum Gasteiger partial charge on any atom is -0.465 e. The second-order valence-corrected chi connectivity index (χ2v) is 8.35. The summed E-state index contributed by atoms with van der Waals surface area (Å²) >= 11 is 0. The van der Waals surface area contributed by atoms with E-state index in [2.05, 4.69) is 38.1 Å². The van der Waals surface area contributed by atoms with Crippen LogP contribution in [0.1, 0.15) is 43.7 Å². The molecule has 22 heavy (non-hydrogen) atoms. The number of rotatable bonds is 0. The highest BCUT2D eigenvalue weighted by Crippen LogP contribution is 2.77. The van der Waals surface area contributed by atoms with Crippen molar-refractivity contribution >= 4 is 11.4 Å². The maximum absolute atomic E-state index is 12.8. The van der Waals surface area contributed by atoms with Crippen LogP contribution in [-0.2, 0) is 9.53 Å². The van der Waals surface area contributed by atoms with Crippen LogP contribution < -0.4 is 0 Å². The Morgan fingerprint density at radius 2 is 1.91 bits per heavy atom. The first-order valence-corrected chi connectivity index (χ1v) is 8.34. The first kappa shape index (κ1) is 11.7. The highest BCUT2D eigenvalue weighted by molar-refractivity contribution is 6.03. The lowest BCUT2D eigenvalue weighted by molar-refractivity contribution is -0.119. The van der Waals surface area contributed by atoms with E-state index in [9.17, 15) is 4.79 Å². The number of ketones is 1. The fraction of sp³-hybridized carbons (Fsp3) is 0.450. The Hall–Kier alpha value is -1.83. The number of hydrogen-bond acceptors (Lipinski definition) is 2. The Balaban J connectivity index is 1.56. The Bertz CT molecular complexity index is 839. The summed E-state index contributed by atoms with van der Waals surface area (Å²) in [5, 5.41) is 0. The van der Waals surface area contributed by atoms with Crippen molar-refractivity contribution in [3.8, 4) is 0 Å². The van der Waals surface area contributed by atoms with E-state index in [4.69, 9.17) is 4.74 Å². The average molecular weight is 290 g/mol. The number of carbonyl (C=O) groups is 1. The molecule has 6 aliphatic rings. The van der Waals surface area contributed by atoms with Gasteiger partial charge >= 0.3 is 0 Å². The van der Waals surface area contributed by atoms with Crippen LogP contribution in [0.15, 0.2) is 41.4 Å². The molecule has 1 heterocycles. The van der Waals surface area contributed by atoms with Crippen LogP contribution in [0.5, 0.6) is 0 Å². The van der Waals surface area contributed by atoms with Gasteiger partial charge in [-0.05, 0) is 28.4 Å². The first-order chi connectivity index (χ1) is 10.6. The third kappa shape index (κ3) is 1.12. The smallest absolute Gasteiger partial charge is 0.163 e. The molecule has 0 saturated heterocycles. The minimum absolute atomic E-state index is 0.0407. The second-order valence-electron chi connectivity index (χ2n) is 8.35. The third-order valence-corrected chi connectivity index (χ3v) is 6.37.